The van der Waals surface area contributed by atoms with E-state index in [0.717, 1.165) is 16.7 Å². The van der Waals surface area contributed by atoms with Gasteiger partial charge in [-0.15, -0.1) is 11.3 Å². The summed E-state index contributed by atoms with van der Waals surface area (Å²) in [5.41, 5.74) is 6.35. The molecule has 0 saturated carbocycles. The van der Waals surface area contributed by atoms with Crippen molar-refractivity contribution in [1.82, 2.24) is 4.98 Å². The molecular formula is C13H13NOS. The summed E-state index contributed by atoms with van der Waals surface area (Å²) >= 11 is 1.44. The van der Waals surface area contributed by atoms with Crippen LogP contribution in [-0.4, -0.2) is 10.8 Å². The molecular weight excluding hydrogens is 218 g/mol. The molecule has 0 fully saturated rings. The van der Waals surface area contributed by atoms with Crippen molar-refractivity contribution >= 4 is 17.1 Å². The molecule has 82 valence electrons. The van der Waals surface area contributed by atoms with Gasteiger partial charge < -0.3 is 0 Å². The van der Waals surface area contributed by atoms with E-state index in [4.69, 9.17) is 0 Å². The number of nitrogens with zero attached hydrogens (tertiary/aromatic N) is 1. The first kappa shape index (κ1) is 11.0. The van der Waals surface area contributed by atoms with Crippen LogP contribution in [0.4, 0.5) is 0 Å². The molecule has 0 aliphatic carbocycles. The first-order valence-electron chi connectivity index (χ1n) is 5.10. The van der Waals surface area contributed by atoms with E-state index >= 15 is 0 Å². The van der Waals surface area contributed by atoms with Crippen LogP contribution in [-0.2, 0) is 0 Å². The molecule has 0 aliphatic rings. The quantitative estimate of drug-likeness (QED) is 0.742. The Balaban J connectivity index is 2.49. The molecule has 1 aromatic carbocycles. The molecule has 1 heterocycles. The van der Waals surface area contributed by atoms with Crippen molar-refractivity contribution in [3.05, 3.63) is 51.0 Å². The fraction of sp³-hybridized carbons (Fsp3) is 0.231. The molecule has 2 aromatic rings. The van der Waals surface area contributed by atoms with Gasteiger partial charge >= 0.3 is 0 Å². The first-order chi connectivity index (χ1) is 7.59. The van der Waals surface area contributed by atoms with Crippen LogP contribution in [0.2, 0.25) is 0 Å². The van der Waals surface area contributed by atoms with Crippen LogP contribution in [0.1, 0.15) is 32.7 Å². The Hall–Kier alpha value is -1.48. The minimum atomic E-state index is 0.0156. The third kappa shape index (κ3) is 1.91. The Morgan fingerprint density at radius 2 is 1.81 bits per heavy atom. The van der Waals surface area contributed by atoms with Crippen molar-refractivity contribution in [2.45, 2.75) is 20.8 Å². The summed E-state index contributed by atoms with van der Waals surface area (Å²) in [6.45, 7) is 6.04. The van der Waals surface area contributed by atoms with Crippen LogP contribution < -0.4 is 0 Å². The fourth-order valence-electron chi connectivity index (χ4n) is 1.67. The lowest BCUT2D eigenvalue weighted by Crippen LogP contribution is -2.05. The van der Waals surface area contributed by atoms with Crippen LogP contribution >= 0.6 is 11.3 Å². The van der Waals surface area contributed by atoms with E-state index in [1.165, 1.54) is 16.9 Å². The SMILES string of the molecule is Cc1cc(C)c(C(=O)c2cscn2)cc1C. The van der Waals surface area contributed by atoms with Crippen molar-refractivity contribution in [1.29, 1.82) is 0 Å². The van der Waals surface area contributed by atoms with Gasteiger partial charge in [-0.1, -0.05) is 6.07 Å². The molecule has 2 rings (SSSR count). The normalized spacial score (nSPS) is 10.4. The average Bonchev–Trinajstić information content (AvgIpc) is 2.75. The average molecular weight is 231 g/mol. The van der Waals surface area contributed by atoms with Crippen LogP contribution in [0.15, 0.2) is 23.0 Å². The van der Waals surface area contributed by atoms with Gasteiger partial charge in [0.1, 0.15) is 5.69 Å². The Labute approximate surface area is 99.0 Å². The summed E-state index contributed by atoms with van der Waals surface area (Å²) < 4.78 is 0. The highest BCUT2D eigenvalue weighted by molar-refractivity contribution is 7.07. The van der Waals surface area contributed by atoms with Gasteiger partial charge in [-0.25, -0.2) is 4.98 Å². The zero-order chi connectivity index (χ0) is 11.7. The van der Waals surface area contributed by atoms with Gasteiger partial charge in [-0.05, 0) is 43.5 Å². The monoisotopic (exact) mass is 231 g/mol. The van der Waals surface area contributed by atoms with Crippen LogP contribution in [0.25, 0.3) is 0 Å². The number of thiazole rings is 1. The molecule has 0 aliphatic heterocycles. The van der Waals surface area contributed by atoms with Crippen molar-refractivity contribution in [3.63, 3.8) is 0 Å². The van der Waals surface area contributed by atoms with Gasteiger partial charge in [-0.2, -0.15) is 0 Å². The van der Waals surface area contributed by atoms with E-state index in [9.17, 15) is 4.79 Å². The largest absolute Gasteiger partial charge is 0.287 e. The molecule has 0 atom stereocenters. The Bertz CT molecular complexity index is 529. The smallest absolute Gasteiger partial charge is 0.212 e. The summed E-state index contributed by atoms with van der Waals surface area (Å²) in [6, 6.07) is 4.00. The van der Waals surface area contributed by atoms with E-state index in [-0.39, 0.29) is 5.78 Å². The molecule has 0 N–H and O–H groups in total. The first-order valence-corrected chi connectivity index (χ1v) is 6.04. The van der Waals surface area contributed by atoms with Gasteiger partial charge in [0.15, 0.2) is 0 Å². The summed E-state index contributed by atoms with van der Waals surface area (Å²) in [6.07, 6.45) is 0. The third-order valence-electron chi connectivity index (χ3n) is 2.75. The maximum Gasteiger partial charge on any atom is 0.212 e. The second-order valence-electron chi connectivity index (χ2n) is 3.95. The fourth-order valence-corrected chi connectivity index (χ4v) is 2.20. The number of carbonyl (C=O) groups is 1. The maximum absolute atomic E-state index is 12.1. The van der Waals surface area contributed by atoms with Crippen molar-refractivity contribution < 1.29 is 4.79 Å². The Morgan fingerprint density at radius 3 is 2.44 bits per heavy atom. The maximum atomic E-state index is 12.1. The van der Waals surface area contributed by atoms with Crippen LogP contribution in [0.3, 0.4) is 0 Å². The molecule has 16 heavy (non-hydrogen) atoms. The molecule has 2 nitrogen and oxygen atoms in total. The standard InChI is InChI=1S/C13H13NOS/c1-8-4-10(3)11(5-9(8)2)13(15)12-6-16-7-14-12/h4-7H,1-3H3. The molecule has 0 spiro atoms. The molecule has 3 heteroatoms. The minimum Gasteiger partial charge on any atom is -0.287 e. The lowest BCUT2D eigenvalue weighted by molar-refractivity contribution is 0.103. The van der Waals surface area contributed by atoms with Gasteiger partial charge in [0.05, 0.1) is 5.51 Å². The Morgan fingerprint density at radius 1 is 1.12 bits per heavy atom. The van der Waals surface area contributed by atoms with Gasteiger partial charge in [-0.3, -0.25) is 4.79 Å². The number of benzene rings is 1. The van der Waals surface area contributed by atoms with Crippen molar-refractivity contribution in [2.24, 2.45) is 0 Å². The van der Waals surface area contributed by atoms with E-state index in [0.29, 0.717) is 5.69 Å². The second-order valence-corrected chi connectivity index (χ2v) is 4.67. The van der Waals surface area contributed by atoms with Crippen molar-refractivity contribution in [3.8, 4) is 0 Å². The molecule has 1 aromatic heterocycles. The predicted molar refractivity (Wildman–Crippen MR) is 66.2 cm³/mol. The number of rotatable bonds is 2. The number of hydrogen-bond donors (Lipinski definition) is 0. The predicted octanol–water partition coefficient (Wildman–Crippen LogP) is 3.30. The van der Waals surface area contributed by atoms with E-state index < -0.39 is 0 Å². The van der Waals surface area contributed by atoms with Gasteiger partial charge in [0, 0.05) is 10.9 Å². The summed E-state index contributed by atoms with van der Waals surface area (Å²) in [7, 11) is 0. The molecule has 0 unspecified atom stereocenters. The molecule has 0 bridgehead atoms. The highest BCUT2D eigenvalue weighted by atomic mass is 32.1. The third-order valence-corrected chi connectivity index (χ3v) is 3.34. The van der Waals surface area contributed by atoms with Crippen molar-refractivity contribution in [2.75, 3.05) is 0 Å². The topological polar surface area (TPSA) is 30.0 Å². The molecule has 0 saturated heterocycles. The summed E-state index contributed by atoms with van der Waals surface area (Å²) in [5.74, 6) is 0.0156. The van der Waals surface area contributed by atoms with E-state index in [2.05, 4.69) is 18.0 Å². The number of ketones is 1. The summed E-state index contributed by atoms with van der Waals surface area (Å²) in [5, 5.41) is 1.79. The Kier molecular flexibility index (Phi) is 2.88. The van der Waals surface area contributed by atoms with E-state index in [1.54, 1.807) is 10.9 Å². The van der Waals surface area contributed by atoms with Gasteiger partial charge in [0.2, 0.25) is 5.78 Å². The number of carbonyl (C=O) groups excluding carboxylic acids is 1. The zero-order valence-corrected chi connectivity index (χ0v) is 10.4. The highest BCUT2D eigenvalue weighted by Gasteiger charge is 2.14. The second kappa shape index (κ2) is 4.18. The lowest BCUT2D eigenvalue weighted by Gasteiger charge is -2.07. The summed E-state index contributed by atoms with van der Waals surface area (Å²) in [4.78, 5) is 16.2. The zero-order valence-electron chi connectivity index (χ0n) is 9.57. The molecule has 0 amide bonds. The van der Waals surface area contributed by atoms with Gasteiger partial charge in [0.25, 0.3) is 0 Å². The van der Waals surface area contributed by atoms with Crippen LogP contribution in [0, 0.1) is 20.8 Å². The minimum absolute atomic E-state index is 0.0156. The number of hydrogen-bond acceptors (Lipinski definition) is 3. The highest BCUT2D eigenvalue weighted by Crippen LogP contribution is 2.18. The van der Waals surface area contributed by atoms with E-state index in [1.807, 2.05) is 19.9 Å². The van der Waals surface area contributed by atoms with Crippen LogP contribution in [0.5, 0.6) is 0 Å². The number of aromatic nitrogens is 1. The number of aryl methyl sites for hydroxylation is 3. The molecule has 0 radical (unpaired) electrons. The lowest BCUT2D eigenvalue weighted by atomic mass is 9.97.